The van der Waals surface area contributed by atoms with Crippen LogP contribution in [0, 0.1) is 12.3 Å². The first-order valence-corrected chi connectivity index (χ1v) is 7.42. The average molecular weight is 260 g/mol. The largest absolute Gasteiger partial charge is 0.313 e. The minimum absolute atomic E-state index is 0.335. The summed E-state index contributed by atoms with van der Waals surface area (Å²) >= 11 is 0. The lowest BCUT2D eigenvalue weighted by Gasteiger charge is -2.30. The van der Waals surface area contributed by atoms with E-state index < -0.39 is 0 Å². The minimum atomic E-state index is 0.335. The van der Waals surface area contributed by atoms with Gasteiger partial charge in [0.25, 0.3) is 0 Å². The first-order chi connectivity index (χ1) is 8.94. The predicted octanol–water partition coefficient (Wildman–Crippen LogP) is 3.21. The van der Waals surface area contributed by atoms with E-state index in [1.54, 1.807) is 0 Å². The fourth-order valence-electron chi connectivity index (χ4n) is 2.56. The third-order valence-electron chi connectivity index (χ3n) is 3.72. The highest BCUT2D eigenvalue weighted by Gasteiger charge is 2.26. The summed E-state index contributed by atoms with van der Waals surface area (Å²) in [5.41, 5.74) is 3.07. The molecule has 2 heteroatoms. The fourth-order valence-corrected chi connectivity index (χ4v) is 2.56. The van der Waals surface area contributed by atoms with Crippen LogP contribution in [-0.4, -0.2) is 31.1 Å². The van der Waals surface area contributed by atoms with Crippen LogP contribution >= 0.6 is 0 Å². The van der Waals surface area contributed by atoms with Crippen molar-refractivity contribution in [3.8, 4) is 0 Å². The van der Waals surface area contributed by atoms with Crippen LogP contribution in [0.2, 0.25) is 0 Å². The van der Waals surface area contributed by atoms with Gasteiger partial charge in [-0.2, -0.15) is 0 Å². The van der Waals surface area contributed by atoms with Crippen molar-refractivity contribution in [2.75, 3.05) is 20.1 Å². The maximum Gasteiger partial charge on any atom is 0.0230 e. The molecule has 1 fully saturated rings. The van der Waals surface area contributed by atoms with E-state index in [1.165, 1.54) is 24.0 Å². The van der Waals surface area contributed by atoms with E-state index >= 15 is 0 Å². The van der Waals surface area contributed by atoms with E-state index in [1.807, 2.05) is 0 Å². The van der Waals surface area contributed by atoms with Gasteiger partial charge in [0.05, 0.1) is 0 Å². The standard InChI is InChI=1S/C17H28N2/c1-14-5-7-15(8-6-14)11-19(4)13-17(2,3)12-18-16-9-10-16/h5-8,16,18H,9-13H2,1-4H3. The number of hydrogen-bond donors (Lipinski definition) is 1. The highest BCUT2D eigenvalue weighted by molar-refractivity contribution is 5.21. The molecule has 106 valence electrons. The van der Waals surface area contributed by atoms with Crippen molar-refractivity contribution in [3.63, 3.8) is 0 Å². The van der Waals surface area contributed by atoms with Gasteiger partial charge in [-0.05, 0) is 37.8 Å². The fraction of sp³-hybridized carbons (Fsp3) is 0.647. The number of rotatable bonds is 7. The maximum absolute atomic E-state index is 3.65. The van der Waals surface area contributed by atoms with Gasteiger partial charge < -0.3 is 10.2 Å². The predicted molar refractivity (Wildman–Crippen MR) is 82.3 cm³/mol. The van der Waals surface area contributed by atoms with E-state index in [0.29, 0.717) is 5.41 Å². The smallest absolute Gasteiger partial charge is 0.0230 e. The monoisotopic (exact) mass is 260 g/mol. The molecule has 1 N–H and O–H groups in total. The highest BCUT2D eigenvalue weighted by atomic mass is 15.1. The van der Waals surface area contributed by atoms with Crippen molar-refractivity contribution >= 4 is 0 Å². The Kier molecular flexibility index (Phi) is 4.64. The lowest BCUT2D eigenvalue weighted by molar-refractivity contribution is 0.198. The van der Waals surface area contributed by atoms with Crippen LogP contribution in [-0.2, 0) is 6.54 Å². The van der Waals surface area contributed by atoms with Crippen LogP contribution in [0.25, 0.3) is 0 Å². The molecule has 0 aromatic heterocycles. The van der Waals surface area contributed by atoms with Crippen molar-refractivity contribution in [2.24, 2.45) is 5.41 Å². The third-order valence-corrected chi connectivity index (χ3v) is 3.72. The first kappa shape index (κ1) is 14.5. The number of benzene rings is 1. The normalized spacial score (nSPS) is 16.1. The van der Waals surface area contributed by atoms with Gasteiger partial charge in [0.1, 0.15) is 0 Å². The zero-order chi connectivity index (χ0) is 13.9. The average Bonchev–Trinajstić information content (AvgIpc) is 3.13. The number of nitrogens with one attached hydrogen (secondary N) is 1. The Bertz CT molecular complexity index is 390. The summed E-state index contributed by atoms with van der Waals surface area (Å²) in [5.74, 6) is 0. The number of hydrogen-bond acceptors (Lipinski definition) is 2. The van der Waals surface area contributed by atoms with Crippen LogP contribution in [0.1, 0.15) is 37.8 Å². The molecule has 1 aliphatic carbocycles. The zero-order valence-corrected chi connectivity index (χ0v) is 12.9. The molecule has 0 aliphatic heterocycles. The molecule has 1 aromatic rings. The van der Waals surface area contributed by atoms with Crippen LogP contribution < -0.4 is 5.32 Å². The molecular weight excluding hydrogens is 232 g/mol. The zero-order valence-electron chi connectivity index (χ0n) is 12.9. The molecule has 1 aliphatic rings. The summed E-state index contributed by atoms with van der Waals surface area (Å²) in [4.78, 5) is 2.43. The summed E-state index contributed by atoms with van der Waals surface area (Å²) < 4.78 is 0. The Morgan fingerprint density at radius 3 is 2.42 bits per heavy atom. The minimum Gasteiger partial charge on any atom is -0.313 e. The van der Waals surface area contributed by atoms with Crippen LogP contribution in [0.4, 0.5) is 0 Å². The van der Waals surface area contributed by atoms with Crippen molar-refractivity contribution < 1.29 is 0 Å². The van der Waals surface area contributed by atoms with E-state index in [2.05, 4.69) is 62.3 Å². The van der Waals surface area contributed by atoms with E-state index in [-0.39, 0.29) is 0 Å². The second kappa shape index (κ2) is 6.06. The molecular formula is C17H28N2. The van der Waals surface area contributed by atoms with E-state index in [4.69, 9.17) is 0 Å². The quantitative estimate of drug-likeness (QED) is 0.810. The lowest BCUT2D eigenvalue weighted by Crippen LogP contribution is -2.39. The first-order valence-electron chi connectivity index (χ1n) is 7.42. The van der Waals surface area contributed by atoms with Gasteiger partial charge in [-0.25, -0.2) is 0 Å². The van der Waals surface area contributed by atoms with Crippen molar-refractivity contribution in [1.82, 2.24) is 10.2 Å². The Morgan fingerprint density at radius 2 is 1.84 bits per heavy atom. The van der Waals surface area contributed by atoms with E-state index in [9.17, 15) is 0 Å². The van der Waals surface area contributed by atoms with Crippen LogP contribution in [0.15, 0.2) is 24.3 Å². The van der Waals surface area contributed by atoms with Gasteiger partial charge in [0, 0.05) is 25.7 Å². The molecule has 0 saturated heterocycles. The number of nitrogens with zero attached hydrogens (tertiary/aromatic N) is 1. The maximum atomic E-state index is 3.65. The molecule has 0 radical (unpaired) electrons. The molecule has 19 heavy (non-hydrogen) atoms. The number of aryl methyl sites for hydroxylation is 1. The Balaban J connectivity index is 1.78. The van der Waals surface area contributed by atoms with Gasteiger partial charge in [0.15, 0.2) is 0 Å². The Hall–Kier alpha value is -0.860. The van der Waals surface area contributed by atoms with Crippen LogP contribution in [0.5, 0.6) is 0 Å². The molecule has 0 heterocycles. The van der Waals surface area contributed by atoms with Crippen molar-refractivity contribution in [2.45, 2.75) is 46.2 Å². The van der Waals surface area contributed by atoms with Gasteiger partial charge in [0.2, 0.25) is 0 Å². The highest BCUT2D eigenvalue weighted by Crippen LogP contribution is 2.22. The molecule has 0 unspecified atom stereocenters. The Morgan fingerprint density at radius 1 is 1.21 bits per heavy atom. The van der Waals surface area contributed by atoms with E-state index in [0.717, 1.165) is 25.7 Å². The summed E-state index contributed by atoms with van der Waals surface area (Å²) in [7, 11) is 2.22. The molecule has 1 saturated carbocycles. The second-order valence-corrected chi connectivity index (χ2v) is 6.98. The van der Waals surface area contributed by atoms with Crippen LogP contribution in [0.3, 0.4) is 0 Å². The summed E-state index contributed by atoms with van der Waals surface area (Å²) in [6, 6.07) is 9.68. The summed E-state index contributed by atoms with van der Waals surface area (Å²) in [6.07, 6.45) is 2.74. The van der Waals surface area contributed by atoms with Crippen molar-refractivity contribution in [3.05, 3.63) is 35.4 Å². The molecule has 2 rings (SSSR count). The lowest BCUT2D eigenvalue weighted by atomic mass is 9.92. The topological polar surface area (TPSA) is 15.3 Å². The van der Waals surface area contributed by atoms with Gasteiger partial charge in [-0.1, -0.05) is 43.7 Å². The molecule has 0 atom stereocenters. The molecule has 0 amide bonds. The molecule has 1 aromatic carbocycles. The summed E-state index contributed by atoms with van der Waals surface area (Å²) in [5, 5.41) is 3.65. The molecule has 0 bridgehead atoms. The second-order valence-electron chi connectivity index (χ2n) is 6.98. The summed E-state index contributed by atoms with van der Waals surface area (Å²) in [6.45, 7) is 10.1. The van der Waals surface area contributed by atoms with Gasteiger partial charge in [-0.3, -0.25) is 0 Å². The molecule has 0 spiro atoms. The van der Waals surface area contributed by atoms with Gasteiger partial charge >= 0.3 is 0 Å². The van der Waals surface area contributed by atoms with Crippen molar-refractivity contribution in [1.29, 1.82) is 0 Å². The molecule has 2 nitrogen and oxygen atoms in total. The third kappa shape index (κ3) is 5.33. The SMILES string of the molecule is Cc1ccc(CN(C)CC(C)(C)CNC2CC2)cc1. The van der Waals surface area contributed by atoms with Gasteiger partial charge in [-0.15, -0.1) is 0 Å². The Labute approximate surface area is 118 Å².